The Kier molecular flexibility index (Phi) is 3.75. The molecule has 0 unspecified atom stereocenters. The summed E-state index contributed by atoms with van der Waals surface area (Å²) in [5, 5.41) is 0. The number of sulfonamides is 1. The van der Waals surface area contributed by atoms with Gasteiger partial charge in [-0.2, -0.15) is 4.31 Å². The minimum Gasteiger partial charge on any atom is -0.325 e. The quantitative estimate of drug-likeness (QED) is 0.927. The number of fused-ring (bicyclic) bond motifs is 1. The lowest BCUT2D eigenvalue weighted by Gasteiger charge is -2.28. The van der Waals surface area contributed by atoms with Crippen LogP contribution in [0, 0.1) is 0 Å². The van der Waals surface area contributed by atoms with Crippen molar-refractivity contribution >= 4 is 10.0 Å². The van der Waals surface area contributed by atoms with Gasteiger partial charge in [0.15, 0.2) is 0 Å². The summed E-state index contributed by atoms with van der Waals surface area (Å²) < 4.78 is 26.8. The molecule has 0 aliphatic carbocycles. The van der Waals surface area contributed by atoms with Gasteiger partial charge < -0.3 is 5.73 Å². The summed E-state index contributed by atoms with van der Waals surface area (Å²) in [6.45, 7) is 1.21. The van der Waals surface area contributed by atoms with Crippen LogP contribution in [0.5, 0.6) is 0 Å². The first kappa shape index (κ1) is 14.2. The Morgan fingerprint density at radius 2 is 1.90 bits per heavy atom. The molecule has 3 rings (SSSR count). The summed E-state index contributed by atoms with van der Waals surface area (Å²) >= 11 is 0. The van der Waals surface area contributed by atoms with Crippen LogP contribution in [0.3, 0.4) is 0 Å². The molecule has 0 saturated carbocycles. The maximum atomic E-state index is 12.7. The van der Waals surface area contributed by atoms with E-state index in [1.807, 2.05) is 18.2 Å². The number of hydrogen-bond donors (Lipinski definition) is 1. The standard InChI is InChI=1S/C15H17N3O2S/c16-9-14-5-6-15(10-17-14)21(19,20)18-8-7-12-3-1-2-4-13(12)11-18/h1-6,10H,7-9,11,16H2. The van der Waals surface area contributed by atoms with Gasteiger partial charge in [0, 0.05) is 25.8 Å². The number of nitrogens with zero attached hydrogens (tertiary/aromatic N) is 2. The highest BCUT2D eigenvalue weighted by Gasteiger charge is 2.28. The average Bonchev–Trinajstić information content (AvgIpc) is 2.54. The Balaban J connectivity index is 1.89. The van der Waals surface area contributed by atoms with E-state index in [4.69, 9.17) is 5.73 Å². The largest absolute Gasteiger partial charge is 0.325 e. The van der Waals surface area contributed by atoms with Crippen molar-refractivity contribution in [3.63, 3.8) is 0 Å². The van der Waals surface area contributed by atoms with Gasteiger partial charge >= 0.3 is 0 Å². The van der Waals surface area contributed by atoms with E-state index in [1.54, 1.807) is 12.1 Å². The summed E-state index contributed by atoms with van der Waals surface area (Å²) in [5.41, 5.74) is 8.45. The summed E-state index contributed by atoms with van der Waals surface area (Å²) in [7, 11) is -3.50. The molecule has 1 aliphatic heterocycles. The molecular weight excluding hydrogens is 286 g/mol. The van der Waals surface area contributed by atoms with E-state index in [0.29, 0.717) is 25.3 Å². The zero-order valence-electron chi connectivity index (χ0n) is 11.6. The number of rotatable bonds is 3. The van der Waals surface area contributed by atoms with Crippen molar-refractivity contribution in [2.75, 3.05) is 6.54 Å². The van der Waals surface area contributed by atoms with Crippen molar-refractivity contribution in [2.45, 2.75) is 24.4 Å². The van der Waals surface area contributed by atoms with Crippen molar-refractivity contribution in [2.24, 2.45) is 5.73 Å². The maximum Gasteiger partial charge on any atom is 0.244 e. The molecule has 0 fully saturated rings. The van der Waals surface area contributed by atoms with E-state index in [-0.39, 0.29) is 4.90 Å². The molecule has 0 radical (unpaired) electrons. The first-order valence-electron chi connectivity index (χ1n) is 6.83. The zero-order chi connectivity index (χ0) is 14.9. The maximum absolute atomic E-state index is 12.7. The van der Waals surface area contributed by atoms with Gasteiger partial charge in [-0.3, -0.25) is 4.98 Å². The Labute approximate surface area is 124 Å². The SMILES string of the molecule is NCc1ccc(S(=O)(=O)N2CCc3ccccc3C2)cn1. The first-order chi connectivity index (χ1) is 10.1. The Bertz CT molecular complexity index is 742. The molecular formula is C15H17N3O2S. The Morgan fingerprint density at radius 1 is 1.14 bits per heavy atom. The Hall–Kier alpha value is -1.76. The zero-order valence-corrected chi connectivity index (χ0v) is 12.4. The number of nitrogens with two attached hydrogens (primary N) is 1. The molecule has 21 heavy (non-hydrogen) atoms. The summed E-state index contributed by atoms with van der Waals surface area (Å²) in [6.07, 6.45) is 2.13. The third kappa shape index (κ3) is 2.70. The van der Waals surface area contributed by atoms with Crippen LogP contribution in [0.15, 0.2) is 47.5 Å². The van der Waals surface area contributed by atoms with Gasteiger partial charge in [0.05, 0.1) is 5.69 Å². The first-order valence-corrected chi connectivity index (χ1v) is 8.27. The molecule has 2 heterocycles. The number of benzene rings is 1. The summed E-state index contributed by atoms with van der Waals surface area (Å²) in [4.78, 5) is 4.29. The number of pyridine rings is 1. The van der Waals surface area contributed by atoms with Gasteiger partial charge in [-0.1, -0.05) is 24.3 Å². The van der Waals surface area contributed by atoms with E-state index in [0.717, 1.165) is 12.0 Å². The molecule has 0 bridgehead atoms. The molecule has 1 aromatic heterocycles. The predicted octanol–water partition coefficient (Wildman–Crippen LogP) is 1.29. The van der Waals surface area contributed by atoms with E-state index < -0.39 is 10.0 Å². The molecule has 2 N–H and O–H groups in total. The van der Waals surface area contributed by atoms with Gasteiger partial charge in [-0.25, -0.2) is 8.42 Å². The van der Waals surface area contributed by atoms with Crippen LogP contribution in [-0.4, -0.2) is 24.3 Å². The molecule has 2 aromatic rings. The molecule has 110 valence electrons. The van der Waals surface area contributed by atoms with E-state index in [1.165, 1.54) is 16.1 Å². The normalized spacial score (nSPS) is 15.7. The van der Waals surface area contributed by atoms with Gasteiger partial charge in [0.25, 0.3) is 0 Å². The molecule has 5 nitrogen and oxygen atoms in total. The second-order valence-electron chi connectivity index (χ2n) is 5.05. The van der Waals surface area contributed by atoms with Crippen molar-refractivity contribution in [3.05, 3.63) is 59.4 Å². The van der Waals surface area contributed by atoms with Crippen molar-refractivity contribution in [3.8, 4) is 0 Å². The Morgan fingerprint density at radius 3 is 2.57 bits per heavy atom. The van der Waals surface area contributed by atoms with Crippen LogP contribution < -0.4 is 5.73 Å². The van der Waals surface area contributed by atoms with Crippen molar-refractivity contribution < 1.29 is 8.42 Å². The highest BCUT2D eigenvalue weighted by molar-refractivity contribution is 7.89. The molecule has 0 atom stereocenters. The van der Waals surface area contributed by atoms with Crippen LogP contribution >= 0.6 is 0 Å². The van der Waals surface area contributed by atoms with Gasteiger partial charge in [0.1, 0.15) is 4.90 Å². The second kappa shape index (κ2) is 5.55. The predicted molar refractivity (Wildman–Crippen MR) is 79.9 cm³/mol. The minimum absolute atomic E-state index is 0.221. The highest BCUT2D eigenvalue weighted by atomic mass is 32.2. The molecule has 0 spiro atoms. The fraction of sp³-hybridized carbons (Fsp3) is 0.267. The third-order valence-corrected chi connectivity index (χ3v) is 5.57. The van der Waals surface area contributed by atoms with Crippen molar-refractivity contribution in [1.29, 1.82) is 0 Å². The summed E-state index contributed by atoms with van der Waals surface area (Å²) in [5.74, 6) is 0. The van der Waals surface area contributed by atoms with Crippen LogP contribution in [0.1, 0.15) is 16.8 Å². The van der Waals surface area contributed by atoms with Crippen LogP contribution in [0.4, 0.5) is 0 Å². The molecule has 6 heteroatoms. The minimum atomic E-state index is -3.50. The molecule has 0 saturated heterocycles. The van der Waals surface area contributed by atoms with Crippen LogP contribution in [-0.2, 0) is 29.5 Å². The highest BCUT2D eigenvalue weighted by Crippen LogP contribution is 2.24. The molecule has 0 amide bonds. The third-order valence-electron chi connectivity index (χ3n) is 3.74. The van der Waals surface area contributed by atoms with E-state index in [2.05, 4.69) is 11.1 Å². The fourth-order valence-electron chi connectivity index (χ4n) is 2.51. The second-order valence-corrected chi connectivity index (χ2v) is 6.98. The summed E-state index contributed by atoms with van der Waals surface area (Å²) in [6, 6.07) is 11.2. The lowest BCUT2D eigenvalue weighted by atomic mass is 10.0. The van der Waals surface area contributed by atoms with Gasteiger partial charge in [-0.15, -0.1) is 0 Å². The fourth-order valence-corrected chi connectivity index (χ4v) is 3.87. The monoisotopic (exact) mass is 303 g/mol. The lowest BCUT2D eigenvalue weighted by Crippen LogP contribution is -2.36. The van der Waals surface area contributed by atoms with E-state index in [9.17, 15) is 8.42 Å². The lowest BCUT2D eigenvalue weighted by molar-refractivity contribution is 0.391. The smallest absolute Gasteiger partial charge is 0.244 e. The number of aromatic nitrogens is 1. The van der Waals surface area contributed by atoms with E-state index >= 15 is 0 Å². The molecule has 1 aromatic carbocycles. The van der Waals surface area contributed by atoms with Gasteiger partial charge in [-0.05, 0) is 29.7 Å². The van der Waals surface area contributed by atoms with Crippen molar-refractivity contribution in [1.82, 2.24) is 9.29 Å². The van der Waals surface area contributed by atoms with Crippen LogP contribution in [0.2, 0.25) is 0 Å². The number of hydrogen-bond acceptors (Lipinski definition) is 4. The van der Waals surface area contributed by atoms with Gasteiger partial charge in [0.2, 0.25) is 10.0 Å². The topological polar surface area (TPSA) is 76.3 Å². The average molecular weight is 303 g/mol. The van der Waals surface area contributed by atoms with Crippen LogP contribution in [0.25, 0.3) is 0 Å². The molecule has 1 aliphatic rings.